The summed E-state index contributed by atoms with van der Waals surface area (Å²) in [6.07, 6.45) is -0.753. The molecule has 0 aliphatic carbocycles. The van der Waals surface area contributed by atoms with Gasteiger partial charge in [-0.05, 0) is 39.1 Å². The van der Waals surface area contributed by atoms with Crippen LogP contribution in [-0.4, -0.2) is 65.2 Å². The average Bonchev–Trinajstić information content (AvgIpc) is 3.29. The van der Waals surface area contributed by atoms with Gasteiger partial charge in [-0.2, -0.15) is 13.2 Å². The van der Waals surface area contributed by atoms with Crippen LogP contribution in [0.2, 0.25) is 0 Å². The molecular weight excluding hydrogens is 495 g/mol. The summed E-state index contributed by atoms with van der Waals surface area (Å²) >= 11 is 1.50. The van der Waals surface area contributed by atoms with E-state index in [9.17, 15) is 18.0 Å². The monoisotopic (exact) mass is 521 g/mol. The Bertz CT molecular complexity index is 1200. The number of likely N-dealkylation sites (N-methyl/N-ethyl adjacent to an activating group) is 1. The molecule has 1 fully saturated rings. The van der Waals surface area contributed by atoms with Crippen LogP contribution >= 0.6 is 11.3 Å². The van der Waals surface area contributed by atoms with E-state index < -0.39 is 23.9 Å². The molecule has 1 aliphatic rings. The molecular formula is C24H26F3N5O3S. The lowest BCUT2D eigenvalue weighted by Crippen LogP contribution is -2.46. The Morgan fingerprint density at radius 3 is 2.67 bits per heavy atom. The third kappa shape index (κ3) is 6.18. The number of hydrogen-bond donors (Lipinski definition) is 1. The predicted octanol–water partition coefficient (Wildman–Crippen LogP) is 4.13. The number of halogens is 3. The third-order valence-corrected chi connectivity index (χ3v) is 6.78. The minimum absolute atomic E-state index is 0.0409. The summed E-state index contributed by atoms with van der Waals surface area (Å²) < 4.78 is 49.9. The van der Waals surface area contributed by atoms with Crippen molar-refractivity contribution in [3.05, 3.63) is 58.6 Å². The number of nitrogens with one attached hydrogen (secondary N) is 1. The van der Waals surface area contributed by atoms with Crippen LogP contribution in [-0.2, 0) is 10.9 Å². The number of thiazole rings is 1. The number of aromatic nitrogens is 3. The van der Waals surface area contributed by atoms with Gasteiger partial charge in [-0.3, -0.25) is 9.69 Å². The highest BCUT2D eigenvalue weighted by Crippen LogP contribution is 2.31. The van der Waals surface area contributed by atoms with E-state index in [1.54, 1.807) is 25.3 Å². The summed E-state index contributed by atoms with van der Waals surface area (Å²) in [7, 11) is 1.99. The van der Waals surface area contributed by atoms with Crippen LogP contribution in [0.15, 0.2) is 36.8 Å². The van der Waals surface area contributed by atoms with E-state index in [0.29, 0.717) is 36.7 Å². The van der Waals surface area contributed by atoms with Gasteiger partial charge >= 0.3 is 6.18 Å². The first kappa shape index (κ1) is 26.0. The van der Waals surface area contributed by atoms with Crippen molar-refractivity contribution in [1.29, 1.82) is 0 Å². The van der Waals surface area contributed by atoms with E-state index in [2.05, 4.69) is 25.2 Å². The smallest absolute Gasteiger partial charge is 0.451 e. The summed E-state index contributed by atoms with van der Waals surface area (Å²) in [5.74, 6) is -1.29. The minimum atomic E-state index is -4.64. The lowest BCUT2D eigenvalue weighted by atomic mass is 10.1. The second-order valence-corrected chi connectivity index (χ2v) is 9.78. The number of nitrogens with zero attached hydrogens (tertiary/aromatic N) is 4. The van der Waals surface area contributed by atoms with Gasteiger partial charge in [0.1, 0.15) is 17.4 Å². The lowest BCUT2D eigenvalue weighted by molar-refractivity contribution is -0.145. The largest absolute Gasteiger partial charge is 0.491 e. The molecule has 2 aromatic heterocycles. The van der Waals surface area contributed by atoms with E-state index in [1.807, 2.05) is 20.0 Å². The van der Waals surface area contributed by atoms with E-state index in [1.165, 1.54) is 11.3 Å². The number of benzene rings is 1. The van der Waals surface area contributed by atoms with Gasteiger partial charge in [-0.1, -0.05) is 0 Å². The van der Waals surface area contributed by atoms with Crippen LogP contribution in [0.1, 0.15) is 39.6 Å². The average molecular weight is 522 g/mol. The number of aryl methyl sites for hydroxylation is 1. The maximum Gasteiger partial charge on any atom is 0.451 e. The first-order valence-electron chi connectivity index (χ1n) is 11.3. The van der Waals surface area contributed by atoms with Gasteiger partial charge in [0.15, 0.2) is 0 Å². The molecule has 0 saturated carbocycles. The van der Waals surface area contributed by atoms with Crippen molar-refractivity contribution in [2.45, 2.75) is 32.1 Å². The quantitative estimate of drug-likeness (QED) is 0.500. The van der Waals surface area contributed by atoms with Gasteiger partial charge in [0.25, 0.3) is 5.91 Å². The number of hydrogen-bond acceptors (Lipinski definition) is 8. The Kier molecular flexibility index (Phi) is 7.86. The first-order chi connectivity index (χ1) is 17.1. The Morgan fingerprint density at radius 2 is 2.03 bits per heavy atom. The summed E-state index contributed by atoms with van der Waals surface area (Å²) in [4.78, 5) is 27.6. The van der Waals surface area contributed by atoms with Crippen molar-refractivity contribution in [2.24, 2.45) is 0 Å². The third-order valence-electron chi connectivity index (χ3n) is 5.82. The van der Waals surface area contributed by atoms with E-state index in [4.69, 9.17) is 9.47 Å². The van der Waals surface area contributed by atoms with Gasteiger partial charge in [-0.25, -0.2) is 15.0 Å². The predicted molar refractivity (Wildman–Crippen MR) is 128 cm³/mol. The highest BCUT2D eigenvalue weighted by molar-refractivity contribution is 7.14. The number of rotatable bonds is 7. The van der Waals surface area contributed by atoms with Gasteiger partial charge in [-0.15, -0.1) is 11.3 Å². The lowest BCUT2D eigenvalue weighted by Gasteiger charge is -2.32. The molecule has 3 aromatic rings. The van der Waals surface area contributed by atoms with Gasteiger partial charge in [0.2, 0.25) is 5.82 Å². The number of alkyl halides is 3. The SMILES string of the molecule is Cc1cnc(-c2ccc(OC[C@@H]3COCCN3C)c(C(=O)N[C@H](C)c3cnc(C(F)(F)F)nc3)c2)s1. The molecule has 0 radical (unpaired) electrons. The molecule has 1 aromatic carbocycles. The molecule has 1 aliphatic heterocycles. The van der Waals surface area contributed by atoms with Crippen molar-refractivity contribution in [2.75, 3.05) is 33.4 Å². The number of ether oxygens (including phenoxy) is 2. The van der Waals surface area contributed by atoms with Crippen molar-refractivity contribution >= 4 is 17.2 Å². The van der Waals surface area contributed by atoms with E-state index in [0.717, 1.165) is 34.4 Å². The highest BCUT2D eigenvalue weighted by Gasteiger charge is 2.34. The van der Waals surface area contributed by atoms with Gasteiger partial charge < -0.3 is 14.8 Å². The van der Waals surface area contributed by atoms with E-state index >= 15 is 0 Å². The van der Waals surface area contributed by atoms with Crippen LogP contribution < -0.4 is 10.1 Å². The standard InChI is InChI=1S/C24H26F3N5O3S/c1-14-9-28-22(36-14)16-4-5-20(35-13-18-12-34-7-6-32(18)3)19(8-16)21(33)31-15(2)17-10-29-23(30-11-17)24(25,26)27/h4-5,8-11,15,18H,6-7,12-13H2,1-3H3,(H,31,33)/t15-,18+/m1/s1. The number of carbonyl (C=O) groups excluding carboxylic acids is 1. The summed E-state index contributed by atoms with van der Waals surface area (Å²) in [6, 6.07) is 4.69. The van der Waals surface area contributed by atoms with Gasteiger partial charge in [0.05, 0.1) is 30.9 Å². The molecule has 0 bridgehead atoms. The summed E-state index contributed by atoms with van der Waals surface area (Å²) in [6.45, 7) is 5.90. The van der Waals surface area contributed by atoms with E-state index in [-0.39, 0.29) is 6.04 Å². The number of carbonyl (C=O) groups is 1. The molecule has 192 valence electrons. The molecule has 1 saturated heterocycles. The Hall–Kier alpha value is -3.09. The minimum Gasteiger partial charge on any atom is -0.491 e. The molecule has 12 heteroatoms. The zero-order valence-electron chi connectivity index (χ0n) is 20.0. The van der Waals surface area contributed by atoms with Crippen LogP contribution in [0.25, 0.3) is 10.6 Å². The second-order valence-electron chi connectivity index (χ2n) is 8.54. The summed E-state index contributed by atoms with van der Waals surface area (Å²) in [5.41, 5.74) is 1.39. The highest BCUT2D eigenvalue weighted by atomic mass is 32.1. The van der Waals surface area contributed by atoms with Crippen molar-refractivity contribution in [1.82, 2.24) is 25.2 Å². The van der Waals surface area contributed by atoms with Crippen molar-refractivity contribution < 1.29 is 27.4 Å². The molecule has 8 nitrogen and oxygen atoms in total. The second kappa shape index (κ2) is 10.9. The van der Waals surface area contributed by atoms with Crippen molar-refractivity contribution in [3.63, 3.8) is 0 Å². The molecule has 36 heavy (non-hydrogen) atoms. The molecule has 2 atom stereocenters. The number of amides is 1. The molecule has 3 heterocycles. The zero-order valence-corrected chi connectivity index (χ0v) is 20.8. The summed E-state index contributed by atoms with van der Waals surface area (Å²) in [5, 5.41) is 3.57. The fourth-order valence-corrected chi connectivity index (χ4v) is 4.38. The van der Waals surface area contributed by atoms with Crippen LogP contribution in [0, 0.1) is 6.92 Å². The first-order valence-corrected chi connectivity index (χ1v) is 12.1. The fourth-order valence-electron chi connectivity index (χ4n) is 3.62. The molecule has 1 N–H and O–H groups in total. The Morgan fingerprint density at radius 1 is 1.28 bits per heavy atom. The normalized spacial score (nSPS) is 17.6. The maximum absolute atomic E-state index is 13.3. The Labute approximate surface area is 210 Å². The van der Waals surface area contributed by atoms with Crippen molar-refractivity contribution in [3.8, 4) is 16.3 Å². The molecule has 0 unspecified atom stereocenters. The van der Waals surface area contributed by atoms with Crippen LogP contribution in [0.4, 0.5) is 13.2 Å². The fraction of sp³-hybridized carbons (Fsp3) is 0.417. The molecule has 4 rings (SSSR count). The van der Waals surface area contributed by atoms with Crippen LogP contribution in [0.3, 0.4) is 0 Å². The maximum atomic E-state index is 13.3. The molecule has 0 spiro atoms. The molecule has 1 amide bonds. The van der Waals surface area contributed by atoms with Gasteiger partial charge in [0, 0.05) is 41.1 Å². The van der Waals surface area contributed by atoms with Crippen LogP contribution in [0.5, 0.6) is 5.75 Å². The topological polar surface area (TPSA) is 89.5 Å². The Balaban J connectivity index is 1.55. The number of morpholine rings is 1. The zero-order chi connectivity index (χ0) is 25.9.